The molecule has 0 atom stereocenters. The first kappa shape index (κ1) is 13.7. The van der Waals surface area contributed by atoms with Crippen LogP contribution in [-0.2, 0) is 6.54 Å². The molecule has 2 aromatic rings. The predicted molar refractivity (Wildman–Crippen MR) is 77.5 cm³/mol. The number of ether oxygens (including phenoxy) is 1. The Kier molecular flexibility index (Phi) is 5.01. The second kappa shape index (κ2) is 6.98. The fourth-order valence-electron chi connectivity index (χ4n) is 2.19. The molecule has 2 rings (SSSR count). The molecule has 1 aromatic carbocycles. The molecule has 0 radical (unpaired) electrons. The van der Waals surface area contributed by atoms with E-state index in [0.717, 1.165) is 25.3 Å². The van der Waals surface area contributed by atoms with E-state index in [2.05, 4.69) is 41.6 Å². The van der Waals surface area contributed by atoms with E-state index in [0.29, 0.717) is 0 Å². The number of nitrogens with zero attached hydrogens (tertiary/aromatic N) is 2. The zero-order valence-corrected chi connectivity index (χ0v) is 11.8. The Morgan fingerprint density at radius 1 is 1.11 bits per heavy atom. The lowest BCUT2D eigenvalue weighted by Crippen LogP contribution is -2.01. The molecule has 0 aliphatic rings. The van der Waals surface area contributed by atoms with Crippen molar-refractivity contribution < 1.29 is 4.74 Å². The van der Waals surface area contributed by atoms with Crippen molar-refractivity contribution in [2.24, 2.45) is 0 Å². The average Bonchev–Trinajstić information content (AvgIpc) is 2.89. The summed E-state index contributed by atoms with van der Waals surface area (Å²) in [6.45, 7) is 6.04. The minimum absolute atomic E-state index is 0.801. The number of hydrogen-bond donors (Lipinski definition) is 0. The fraction of sp³-hybridized carbons (Fsp3) is 0.438. The van der Waals surface area contributed by atoms with Crippen LogP contribution in [0.25, 0.3) is 0 Å². The van der Waals surface area contributed by atoms with Crippen molar-refractivity contribution in [3.05, 3.63) is 48.0 Å². The van der Waals surface area contributed by atoms with Crippen molar-refractivity contribution in [3.63, 3.8) is 0 Å². The molecule has 0 aliphatic carbocycles. The first-order valence-electron chi connectivity index (χ1n) is 6.92. The van der Waals surface area contributed by atoms with E-state index in [1.165, 1.54) is 24.0 Å². The molecule has 19 heavy (non-hydrogen) atoms. The third-order valence-corrected chi connectivity index (χ3v) is 3.28. The number of aryl methyl sites for hydroxylation is 3. The molecule has 0 bridgehead atoms. The highest BCUT2D eigenvalue weighted by Crippen LogP contribution is 2.22. The largest absolute Gasteiger partial charge is 0.493 e. The highest BCUT2D eigenvalue weighted by Gasteiger charge is 2.02. The number of benzene rings is 1. The standard InChI is InChI=1S/C16H22N2O/c1-14-7-6-8-15(2)16(14)19-12-5-3-4-10-18-11-9-17-13-18/h6-9,11,13H,3-5,10,12H2,1-2H3. The van der Waals surface area contributed by atoms with E-state index in [4.69, 9.17) is 4.74 Å². The fourth-order valence-corrected chi connectivity index (χ4v) is 2.19. The van der Waals surface area contributed by atoms with Crippen molar-refractivity contribution in [3.8, 4) is 5.75 Å². The summed E-state index contributed by atoms with van der Waals surface area (Å²) in [7, 11) is 0. The second-order valence-electron chi connectivity index (χ2n) is 4.93. The molecule has 0 spiro atoms. The molecule has 1 heterocycles. The molecule has 0 N–H and O–H groups in total. The zero-order valence-electron chi connectivity index (χ0n) is 11.8. The van der Waals surface area contributed by atoms with Gasteiger partial charge < -0.3 is 9.30 Å². The SMILES string of the molecule is Cc1cccc(C)c1OCCCCCn1ccnc1. The summed E-state index contributed by atoms with van der Waals surface area (Å²) in [5, 5.41) is 0. The molecule has 0 amide bonds. The molecule has 0 saturated carbocycles. The molecular weight excluding hydrogens is 236 g/mol. The lowest BCUT2D eigenvalue weighted by molar-refractivity contribution is 0.300. The van der Waals surface area contributed by atoms with Gasteiger partial charge in [-0.3, -0.25) is 0 Å². The maximum atomic E-state index is 5.89. The van der Waals surface area contributed by atoms with Crippen LogP contribution < -0.4 is 4.74 Å². The third kappa shape index (κ3) is 4.12. The summed E-state index contributed by atoms with van der Waals surface area (Å²) in [6.07, 6.45) is 9.16. The first-order valence-corrected chi connectivity index (χ1v) is 6.92. The smallest absolute Gasteiger partial charge is 0.125 e. The summed E-state index contributed by atoms with van der Waals surface area (Å²) in [6, 6.07) is 6.27. The summed E-state index contributed by atoms with van der Waals surface area (Å²) in [5.41, 5.74) is 2.44. The van der Waals surface area contributed by atoms with Crippen LogP contribution in [0.3, 0.4) is 0 Å². The van der Waals surface area contributed by atoms with Gasteiger partial charge in [-0.1, -0.05) is 18.2 Å². The van der Waals surface area contributed by atoms with Crippen molar-refractivity contribution in [2.45, 2.75) is 39.7 Å². The lowest BCUT2D eigenvalue weighted by Gasteiger charge is -2.11. The molecule has 0 unspecified atom stereocenters. The van der Waals surface area contributed by atoms with Crippen LogP contribution in [0.2, 0.25) is 0 Å². The van der Waals surface area contributed by atoms with Gasteiger partial charge >= 0.3 is 0 Å². The van der Waals surface area contributed by atoms with E-state index in [-0.39, 0.29) is 0 Å². The Morgan fingerprint density at radius 2 is 1.89 bits per heavy atom. The van der Waals surface area contributed by atoms with Crippen molar-refractivity contribution in [2.75, 3.05) is 6.61 Å². The quantitative estimate of drug-likeness (QED) is 0.707. The number of para-hydroxylation sites is 1. The van der Waals surface area contributed by atoms with Crippen LogP contribution in [0.1, 0.15) is 30.4 Å². The summed E-state index contributed by atoms with van der Waals surface area (Å²) >= 11 is 0. The van der Waals surface area contributed by atoms with Crippen LogP contribution in [-0.4, -0.2) is 16.2 Å². The Bertz CT molecular complexity index is 471. The van der Waals surface area contributed by atoms with Gasteiger partial charge in [0.2, 0.25) is 0 Å². The van der Waals surface area contributed by atoms with Crippen LogP contribution in [0.5, 0.6) is 5.75 Å². The molecular formula is C16H22N2O. The third-order valence-electron chi connectivity index (χ3n) is 3.28. The lowest BCUT2D eigenvalue weighted by atomic mass is 10.1. The Hall–Kier alpha value is -1.77. The summed E-state index contributed by atoms with van der Waals surface area (Å²) in [5.74, 6) is 1.05. The van der Waals surface area contributed by atoms with Crippen LogP contribution in [0, 0.1) is 13.8 Å². The van der Waals surface area contributed by atoms with Gasteiger partial charge in [0.25, 0.3) is 0 Å². The topological polar surface area (TPSA) is 27.1 Å². The van der Waals surface area contributed by atoms with Crippen molar-refractivity contribution >= 4 is 0 Å². The van der Waals surface area contributed by atoms with E-state index in [1.54, 1.807) is 0 Å². The highest BCUT2D eigenvalue weighted by atomic mass is 16.5. The molecule has 102 valence electrons. The zero-order chi connectivity index (χ0) is 13.5. The van der Waals surface area contributed by atoms with Crippen LogP contribution in [0.4, 0.5) is 0 Å². The minimum Gasteiger partial charge on any atom is -0.493 e. The van der Waals surface area contributed by atoms with Crippen molar-refractivity contribution in [1.82, 2.24) is 9.55 Å². The number of unbranched alkanes of at least 4 members (excludes halogenated alkanes) is 2. The first-order chi connectivity index (χ1) is 9.27. The molecule has 3 nitrogen and oxygen atoms in total. The molecule has 3 heteroatoms. The number of aromatic nitrogens is 2. The van der Waals surface area contributed by atoms with E-state index < -0.39 is 0 Å². The van der Waals surface area contributed by atoms with Gasteiger partial charge in [-0.15, -0.1) is 0 Å². The van der Waals surface area contributed by atoms with Gasteiger partial charge in [0, 0.05) is 18.9 Å². The molecule has 0 fully saturated rings. The van der Waals surface area contributed by atoms with Gasteiger partial charge in [-0.25, -0.2) is 4.98 Å². The summed E-state index contributed by atoms with van der Waals surface area (Å²) < 4.78 is 8.00. The summed E-state index contributed by atoms with van der Waals surface area (Å²) in [4.78, 5) is 4.03. The number of imidazole rings is 1. The van der Waals surface area contributed by atoms with E-state index in [1.807, 2.05) is 18.7 Å². The molecule has 0 saturated heterocycles. The number of hydrogen-bond acceptors (Lipinski definition) is 2. The maximum absolute atomic E-state index is 5.89. The Labute approximate surface area is 115 Å². The van der Waals surface area contributed by atoms with Gasteiger partial charge in [0.05, 0.1) is 12.9 Å². The van der Waals surface area contributed by atoms with Crippen LogP contribution in [0.15, 0.2) is 36.9 Å². The van der Waals surface area contributed by atoms with Crippen molar-refractivity contribution in [1.29, 1.82) is 0 Å². The molecule has 1 aromatic heterocycles. The normalized spacial score (nSPS) is 10.6. The minimum atomic E-state index is 0.801. The number of rotatable bonds is 7. The van der Waals surface area contributed by atoms with Gasteiger partial charge in [-0.2, -0.15) is 0 Å². The Morgan fingerprint density at radius 3 is 2.58 bits per heavy atom. The van der Waals surface area contributed by atoms with Gasteiger partial charge in [-0.05, 0) is 44.2 Å². The highest BCUT2D eigenvalue weighted by molar-refractivity contribution is 5.39. The molecule has 0 aliphatic heterocycles. The second-order valence-corrected chi connectivity index (χ2v) is 4.93. The van der Waals surface area contributed by atoms with Gasteiger partial charge in [0.1, 0.15) is 5.75 Å². The van der Waals surface area contributed by atoms with Crippen LogP contribution >= 0.6 is 0 Å². The maximum Gasteiger partial charge on any atom is 0.125 e. The van der Waals surface area contributed by atoms with E-state index >= 15 is 0 Å². The van der Waals surface area contributed by atoms with Gasteiger partial charge in [0.15, 0.2) is 0 Å². The Balaban J connectivity index is 1.64. The average molecular weight is 258 g/mol. The van der Waals surface area contributed by atoms with E-state index in [9.17, 15) is 0 Å². The monoisotopic (exact) mass is 258 g/mol. The predicted octanol–water partition coefficient (Wildman–Crippen LogP) is 3.75.